The lowest BCUT2D eigenvalue weighted by atomic mass is 9.94. The Kier molecular flexibility index (Phi) is 7.00. The SMILES string of the molecule is CCCCCCCc1[c]ccc(CC)c1CC. The fraction of sp³-hybridized carbons (Fsp3) is 0.647. The Hall–Kier alpha value is -0.780. The molecule has 0 fully saturated rings. The van der Waals surface area contributed by atoms with E-state index in [2.05, 4.69) is 39.0 Å². The van der Waals surface area contributed by atoms with Gasteiger partial charge in [-0.1, -0.05) is 58.6 Å². The zero-order chi connectivity index (χ0) is 12.5. The number of rotatable bonds is 8. The number of hydrogen-bond donors (Lipinski definition) is 0. The molecule has 0 aliphatic carbocycles. The number of unbranched alkanes of at least 4 members (excludes halogenated alkanes) is 4. The van der Waals surface area contributed by atoms with Gasteiger partial charge in [0.05, 0.1) is 0 Å². The summed E-state index contributed by atoms with van der Waals surface area (Å²) in [7, 11) is 0. The molecule has 0 aliphatic heterocycles. The first-order chi connectivity index (χ1) is 8.33. The number of aryl methyl sites for hydroxylation is 2. The molecular formula is C17H27. The fourth-order valence-electron chi connectivity index (χ4n) is 2.52. The molecule has 0 spiro atoms. The van der Waals surface area contributed by atoms with E-state index in [9.17, 15) is 0 Å². The predicted octanol–water partition coefficient (Wildman–Crippen LogP) is 5.12. The Labute approximate surface area is 107 Å². The van der Waals surface area contributed by atoms with E-state index in [-0.39, 0.29) is 0 Å². The summed E-state index contributed by atoms with van der Waals surface area (Å²) in [6.45, 7) is 6.79. The van der Waals surface area contributed by atoms with Crippen LogP contribution in [0.25, 0.3) is 0 Å². The Morgan fingerprint density at radius 3 is 2.35 bits per heavy atom. The van der Waals surface area contributed by atoms with Crippen molar-refractivity contribution in [2.45, 2.75) is 72.1 Å². The van der Waals surface area contributed by atoms with Gasteiger partial charge in [-0.2, -0.15) is 0 Å². The first-order valence-electron chi connectivity index (χ1n) is 7.34. The highest BCUT2D eigenvalue weighted by molar-refractivity contribution is 5.34. The molecule has 0 heteroatoms. The highest BCUT2D eigenvalue weighted by atomic mass is 14.1. The van der Waals surface area contributed by atoms with Crippen molar-refractivity contribution in [1.29, 1.82) is 0 Å². The Bertz CT molecular complexity index is 312. The van der Waals surface area contributed by atoms with Crippen LogP contribution >= 0.6 is 0 Å². The molecule has 17 heavy (non-hydrogen) atoms. The van der Waals surface area contributed by atoms with E-state index in [1.807, 2.05) is 0 Å². The second kappa shape index (κ2) is 8.33. The molecular weight excluding hydrogens is 204 g/mol. The lowest BCUT2D eigenvalue weighted by Gasteiger charge is -2.12. The van der Waals surface area contributed by atoms with Gasteiger partial charge in [-0.15, -0.1) is 0 Å². The van der Waals surface area contributed by atoms with Gasteiger partial charge in [-0.25, -0.2) is 0 Å². The third-order valence-corrected chi connectivity index (χ3v) is 3.56. The molecule has 0 unspecified atom stereocenters. The van der Waals surface area contributed by atoms with Crippen LogP contribution in [0.5, 0.6) is 0 Å². The largest absolute Gasteiger partial charge is 0.0654 e. The standard InChI is InChI=1S/C17H27/c1-4-7-8-9-10-12-16-14-11-13-15(5-2)17(16)6-3/h11,13H,4-10,12H2,1-3H3. The van der Waals surface area contributed by atoms with Gasteiger partial charge in [-0.3, -0.25) is 0 Å². The van der Waals surface area contributed by atoms with E-state index in [1.54, 1.807) is 5.56 Å². The van der Waals surface area contributed by atoms with Gasteiger partial charge >= 0.3 is 0 Å². The van der Waals surface area contributed by atoms with Crippen LogP contribution in [0.4, 0.5) is 0 Å². The van der Waals surface area contributed by atoms with E-state index in [0.717, 1.165) is 12.8 Å². The van der Waals surface area contributed by atoms with Crippen LogP contribution in [-0.2, 0) is 19.3 Å². The zero-order valence-electron chi connectivity index (χ0n) is 11.8. The molecule has 0 aliphatic rings. The monoisotopic (exact) mass is 231 g/mol. The van der Waals surface area contributed by atoms with Gasteiger partial charge in [0.1, 0.15) is 0 Å². The minimum atomic E-state index is 1.15. The first kappa shape index (κ1) is 14.3. The molecule has 0 nitrogen and oxygen atoms in total. The van der Waals surface area contributed by atoms with Crippen molar-refractivity contribution < 1.29 is 0 Å². The summed E-state index contributed by atoms with van der Waals surface area (Å²) in [6, 6.07) is 7.80. The van der Waals surface area contributed by atoms with Crippen molar-refractivity contribution in [2.75, 3.05) is 0 Å². The van der Waals surface area contributed by atoms with Crippen LogP contribution in [0.2, 0.25) is 0 Å². The van der Waals surface area contributed by atoms with Crippen molar-refractivity contribution in [1.82, 2.24) is 0 Å². The maximum atomic E-state index is 3.45. The number of benzene rings is 1. The van der Waals surface area contributed by atoms with Crippen molar-refractivity contribution in [3.63, 3.8) is 0 Å². The fourth-order valence-corrected chi connectivity index (χ4v) is 2.52. The maximum absolute atomic E-state index is 3.45. The van der Waals surface area contributed by atoms with Crippen molar-refractivity contribution in [3.05, 3.63) is 34.9 Å². The molecule has 1 aromatic rings. The van der Waals surface area contributed by atoms with E-state index >= 15 is 0 Å². The molecule has 0 aromatic heterocycles. The van der Waals surface area contributed by atoms with Gasteiger partial charge in [0.2, 0.25) is 0 Å². The average Bonchev–Trinajstić information content (AvgIpc) is 2.38. The lowest BCUT2D eigenvalue weighted by Crippen LogP contribution is -1.99. The van der Waals surface area contributed by atoms with Crippen LogP contribution in [-0.4, -0.2) is 0 Å². The molecule has 0 N–H and O–H groups in total. The van der Waals surface area contributed by atoms with E-state index in [1.165, 1.54) is 49.7 Å². The average molecular weight is 231 g/mol. The Morgan fingerprint density at radius 2 is 1.71 bits per heavy atom. The molecule has 0 heterocycles. The summed E-state index contributed by atoms with van der Waals surface area (Å²) in [5, 5.41) is 0. The van der Waals surface area contributed by atoms with Gasteiger partial charge in [0.15, 0.2) is 0 Å². The minimum Gasteiger partial charge on any atom is -0.0654 e. The molecule has 1 rings (SSSR count). The second-order valence-electron chi connectivity index (χ2n) is 4.83. The summed E-state index contributed by atoms with van der Waals surface area (Å²) in [6.07, 6.45) is 10.4. The molecule has 0 atom stereocenters. The van der Waals surface area contributed by atoms with E-state index < -0.39 is 0 Å². The molecule has 1 radical (unpaired) electrons. The quantitative estimate of drug-likeness (QED) is 0.544. The topological polar surface area (TPSA) is 0 Å². The zero-order valence-corrected chi connectivity index (χ0v) is 11.8. The summed E-state index contributed by atoms with van der Waals surface area (Å²) < 4.78 is 0. The highest BCUT2D eigenvalue weighted by Gasteiger charge is 2.05. The van der Waals surface area contributed by atoms with Gasteiger partial charge in [0.25, 0.3) is 0 Å². The molecule has 0 amide bonds. The molecule has 0 saturated carbocycles. The van der Waals surface area contributed by atoms with Crippen LogP contribution in [0, 0.1) is 6.07 Å². The normalized spacial score (nSPS) is 10.8. The van der Waals surface area contributed by atoms with E-state index in [4.69, 9.17) is 0 Å². The van der Waals surface area contributed by atoms with Gasteiger partial charge in [0, 0.05) is 0 Å². The highest BCUT2D eigenvalue weighted by Crippen LogP contribution is 2.18. The van der Waals surface area contributed by atoms with Crippen molar-refractivity contribution >= 4 is 0 Å². The van der Waals surface area contributed by atoms with Crippen molar-refractivity contribution in [3.8, 4) is 0 Å². The molecule has 0 saturated heterocycles. The van der Waals surface area contributed by atoms with Gasteiger partial charge in [-0.05, 0) is 48.4 Å². The minimum absolute atomic E-state index is 1.15. The summed E-state index contributed by atoms with van der Waals surface area (Å²) >= 11 is 0. The summed E-state index contributed by atoms with van der Waals surface area (Å²) in [5.41, 5.74) is 4.56. The van der Waals surface area contributed by atoms with Crippen LogP contribution < -0.4 is 0 Å². The molecule has 95 valence electrons. The first-order valence-corrected chi connectivity index (χ1v) is 7.34. The smallest absolute Gasteiger partial charge is 0.0146 e. The van der Waals surface area contributed by atoms with Gasteiger partial charge < -0.3 is 0 Å². The number of hydrogen-bond acceptors (Lipinski definition) is 0. The third-order valence-electron chi connectivity index (χ3n) is 3.56. The summed E-state index contributed by atoms with van der Waals surface area (Å²) in [4.78, 5) is 0. The maximum Gasteiger partial charge on any atom is -0.0146 e. The van der Waals surface area contributed by atoms with Crippen LogP contribution in [0.1, 0.15) is 69.6 Å². The van der Waals surface area contributed by atoms with Crippen molar-refractivity contribution in [2.24, 2.45) is 0 Å². The summed E-state index contributed by atoms with van der Waals surface area (Å²) in [5.74, 6) is 0. The molecule has 0 bridgehead atoms. The van der Waals surface area contributed by atoms with Crippen LogP contribution in [0.3, 0.4) is 0 Å². The van der Waals surface area contributed by atoms with Crippen LogP contribution in [0.15, 0.2) is 12.1 Å². The molecule has 1 aromatic carbocycles. The third kappa shape index (κ3) is 4.53. The Morgan fingerprint density at radius 1 is 0.941 bits per heavy atom. The van der Waals surface area contributed by atoms with E-state index in [0.29, 0.717) is 0 Å². The lowest BCUT2D eigenvalue weighted by molar-refractivity contribution is 0.630. The Balaban J connectivity index is 2.52. The second-order valence-corrected chi connectivity index (χ2v) is 4.83. The predicted molar refractivity (Wildman–Crippen MR) is 76.5 cm³/mol.